The second-order valence-electron chi connectivity index (χ2n) is 7.67. The van der Waals surface area contributed by atoms with E-state index in [1.807, 2.05) is 18.7 Å². The van der Waals surface area contributed by atoms with Crippen molar-refractivity contribution in [1.82, 2.24) is 25.7 Å². The van der Waals surface area contributed by atoms with Gasteiger partial charge in [0.05, 0.1) is 0 Å². The Labute approximate surface area is 154 Å². The summed E-state index contributed by atoms with van der Waals surface area (Å²) in [5, 5.41) is 0. The predicted octanol–water partition coefficient (Wildman–Crippen LogP) is 1.06. The molecular weight excluding hydrogens is 330 g/mol. The van der Waals surface area contributed by atoms with E-state index in [4.69, 9.17) is 0 Å². The lowest BCUT2D eigenvalue weighted by molar-refractivity contribution is -0.132. The van der Waals surface area contributed by atoms with Gasteiger partial charge in [-0.1, -0.05) is 13.3 Å². The molecule has 0 aliphatic carbocycles. The van der Waals surface area contributed by atoms with Crippen molar-refractivity contribution in [2.24, 2.45) is 11.8 Å². The van der Waals surface area contributed by atoms with Crippen molar-refractivity contribution in [2.75, 3.05) is 19.6 Å². The molecule has 7 heteroatoms. The average molecular weight is 361 g/mol. The molecule has 0 aromatic carbocycles. The molecule has 2 atom stereocenters. The molecule has 0 bridgehead atoms. The predicted molar refractivity (Wildman–Crippen MR) is 101 cm³/mol. The van der Waals surface area contributed by atoms with Crippen LogP contribution in [-0.2, 0) is 11.2 Å². The van der Waals surface area contributed by atoms with Crippen molar-refractivity contribution in [2.45, 2.75) is 58.9 Å². The van der Waals surface area contributed by atoms with Crippen molar-refractivity contribution in [3.63, 3.8) is 0 Å². The SMILES string of the molecule is CCC1CNNC1C1CCN(C(=O)CCc2c(C)nc(=O)[nH]c2C)CC1. The molecule has 3 rings (SSSR count). The molecule has 144 valence electrons. The summed E-state index contributed by atoms with van der Waals surface area (Å²) in [5.41, 5.74) is 8.95. The number of hydrogen-bond donors (Lipinski definition) is 3. The molecule has 2 fully saturated rings. The molecule has 26 heavy (non-hydrogen) atoms. The van der Waals surface area contributed by atoms with E-state index < -0.39 is 0 Å². The number of carbonyl (C=O) groups is 1. The van der Waals surface area contributed by atoms with E-state index in [2.05, 4.69) is 27.7 Å². The quantitative estimate of drug-likeness (QED) is 0.730. The first-order valence-electron chi connectivity index (χ1n) is 9.82. The Morgan fingerprint density at radius 1 is 1.27 bits per heavy atom. The van der Waals surface area contributed by atoms with Crippen molar-refractivity contribution in [3.05, 3.63) is 27.4 Å². The van der Waals surface area contributed by atoms with Crippen LogP contribution in [0.4, 0.5) is 0 Å². The Hall–Kier alpha value is -1.73. The molecule has 3 N–H and O–H groups in total. The number of aromatic amines is 1. The second-order valence-corrected chi connectivity index (χ2v) is 7.67. The third kappa shape index (κ3) is 4.15. The van der Waals surface area contributed by atoms with Crippen LogP contribution < -0.4 is 16.5 Å². The lowest BCUT2D eigenvalue weighted by Crippen LogP contribution is -2.46. The van der Waals surface area contributed by atoms with Crippen LogP contribution in [0.1, 0.15) is 49.6 Å². The van der Waals surface area contributed by atoms with Crippen LogP contribution >= 0.6 is 0 Å². The van der Waals surface area contributed by atoms with E-state index in [-0.39, 0.29) is 11.6 Å². The number of nitrogens with one attached hydrogen (secondary N) is 3. The molecule has 2 aliphatic rings. The number of rotatable bonds is 5. The number of amides is 1. The van der Waals surface area contributed by atoms with Gasteiger partial charge in [0.15, 0.2) is 0 Å². The van der Waals surface area contributed by atoms with Gasteiger partial charge in [0.25, 0.3) is 0 Å². The number of likely N-dealkylation sites (tertiary alicyclic amines) is 1. The Morgan fingerprint density at radius 3 is 2.65 bits per heavy atom. The van der Waals surface area contributed by atoms with Crippen molar-refractivity contribution in [1.29, 1.82) is 0 Å². The Balaban J connectivity index is 1.51. The van der Waals surface area contributed by atoms with Gasteiger partial charge >= 0.3 is 5.69 Å². The maximum atomic E-state index is 12.6. The summed E-state index contributed by atoms with van der Waals surface area (Å²) in [5.74, 6) is 1.55. The van der Waals surface area contributed by atoms with E-state index in [1.54, 1.807) is 0 Å². The van der Waals surface area contributed by atoms with Gasteiger partial charge in [-0.15, -0.1) is 0 Å². The highest BCUT2D eigenvalue weighted by atomic mass is 16.2. The highest BCUT2D eigenvalue weighted by Crippen LogP contribution is 2.28. The van der Waals surface area contributed by atoms with Crippen molar-refractivity contribution < 1.29 is 4.79 Å². The maximum Gasteiger partial charge on any atom is 0.345 e. The molecule has 1 amide bonds. The number of piperidine rings is 1. The zero-order valence-corrected chi connectivity index (χ0v) is 16.1. The number of hydrazine groups is 1. The zero-order chi connectivity index (χ0) is 18.7. The first-order valence-corrected chi connectivity index (χ1v) is 9.82. The number of aryl methyl sites for hydroxylation is 2. The van der Waals surface area contributed by atoms with Gasteiger partial charge in [0.1, 0.15) is 0 Å². The number of nitrogens with zero attached hydrogens (tertiary/aromatic N) is 2. The fourth-order valence-electron chi connectivity index (χ4n) is 4.48. The highest BCUT2D eigenvalue weighted by molar-refractivity contribution is 5.76. The van der Waals surface area contributed by atoms with Crippen molar-refractivity contribution in [3.8, 4) is 0 Å². The normalized spacial score (nSPS) is 24.2. The van der Waals surface area contributed by atoms with Gasteiger partial charge in [0.2, 0.25) is 5.91 Å². The molecule has 2 unspecified atom stereocenters. The molecule has 0 spiro atoms. The summed E-state index contributed by atoms with van der Waals surface area (Å²) in [7, 11) is 0. The second kappa shape index (κ2) is 8.31. The topological polar surface area (TPSA) is 90.1 Å². The third-order valence-electron chi connectivity index (χ3n) is 6.11. The summed E-state index contributed by atoms with van der Waals surface area (Å²) in [4.78, 5) is 32.7. The van der Waals surface area contributed by atoms with Gasteiger partial charge in [-0.3, -0.25) is 15.6 Å². The molecule has 1 aromatic heterocycles. The molecule has 0 saturated carbocycles. The highest BCUT2D eigenvalue weighted by Gasteiger charge is 2.35. The van der Waals surface area contributed by atoms with Gasteiger partial charge in [-0.2, -0.15) is 4.98 Å². The Morgan fingerprint density at radius 2 is 2.00 bits per heavy atom. The first-order chi connectivity index (χ1) is 12.5. The number of aromatic nitrogens is 2. The van der Waals surface area contributed by atoms with Gasteiger partial charge in [-0.25, -0.2) is 4.79 Å². The van der Waals surface area contributed by atoms with Crippen LogP contribution in [0.15, 0.2) is 4.79 Å². The van der Waals surface area contributed by atoms with Crippen LogP contribution in [0.3, 0.4) is 0 Å². The molecule has 1 aromatic rings. The zero-order valence-electron chi connectivity index (χ0n) is 16.1. The van der Waals surface area contributed by atoms with Crippen LogP contribution in [0.2, 0.25) is 0 Å². The number of carbonyl (C=O) groups excluding carboxylic acids is 1. The van der Waals surface area contributed by atoms with E-state index >= 15 is 0 Å². The van der Waals surface area contributed by atoms with Crippen LogP contribution in [0.5, 0.6) is 0 Å². The van der Waals surface area contributed by atoms with Gasteiger partial charge < -0.3 is 9.88 Å². The van der Waals surface area contributed by atoms with Crippen LogP contribution in [-0.4, -0.2) is 46.5 Å². The van der Waals surface area contributed by atoms with Crippen molar-refractivity contribution >= 4 is 5.91 Å². The minimum absolute atomic E-state index is 0.206. The smallest absolute Gasteiger partial charge is 0.343 e. The molecule has 0 radical (unpaired) electrons. The molecular formula is C19H31N5O2. The summed E-state index contributed by atoms with van der Waals surface area (Å²) in [6, 6.07) is 0.537. The van der Waals surface area contributed by atoms with E-state index in [0.29, 0.717) is 30.7 Å². The number of hydrogen-bond acceptors (Lipinski definition) is 5. The summed E-state index contributed by atoms with van der Waals surface area (Å²) in [6.07, 6.45) is 4.43. The largest absolute Gasteiger partial charge is 0.345 e. The lowest BCUT2D eigenvalue weighted by atomic mass is 9.82. The molecule has 2 aliphatic heterocycles. The monoisotopic (exact) mass is 361 g/mol. The average Bonchev–Trinajstić information content (AvgIpc) is 3.09. The minimum atomic E-state index is -0.322. The van der Waals surface area contributed by atoms with Crippen LogP contribution in [0.25, 0.3) is 0 Å². The van der Waals surface area contributed by atoms with E-state index in [1.165, 1.54) is 6.42 Å². The van der Waals surface area contributed by atoms with Crippen LogP contribution in [0, 0.1) is 25.7 Å². The van der Waals surface area contributed by atoms with Gasteiger partial charge in [0, 0.05) is 43.5 Å². The number of H-pyrrole nitrogens is 1. The summed E-state index contributed by atoms with van der Waals surface area (Å²) in [6.45, 7) is 8.70. The maximum absolute atomic E-state index is 12.6. The minimum Gasteiger partial charge on any atom is -0.343 e. The Kier molecular flexibility index (Phi) is 6.09. The summed E-state index contributed by atoms with van der Waals surface area (Å²) >= 11 is 0. The molecule has 2 saturated heterocycles. The fraction of sp³-hybridized carbons (Fsp3) is 0.737. The van der Waals surface area contributed by atoms with Gasteiger partial charge in [-0.05, 0) is 50.5 Å². The first kappa shape index (κ1) is 19.0. The lowest BCUT2D eigenvalue weighted by Gasteiger charge is -2.36. The standard InChI is InChI=1S/C19H31N5O2/c1-4-14-11-20-23-18(14)15-7-9-24(10-8-15)17(25)6-5-16-12(2)21-19(26)22-13(16)3/h14-15,18,20,23H,4-11H2,1-3H3,(H,21,22,26). The van der Waals surface area contributed by atoms with E-state index in [9.17, 15) is 9.59 Å². The van der Waals surface area contributed by atoms with E-state index in [0.717, 1.165) is 49.4 Å². The molecule has 3 heterocycles. The third-order valence-corrected chi connectivity index (χ3v) is 6.11. The Bertz CT molecular complexity index is 667. The fourth-order valence-corrected chi connectivity index (χ4v) is 4.48. The molecule has 7 nitrogen and oxygen atoms in total. The summed E-state index contributed by atoms with van der Waals surface area (Å²) < 4.78 is 0.